The Morgan fingerprint density at radius 3 is 2.56 bits per heavy atom. The third-order valence-corrected chi connectivity index (χ3v) is 4.03. The molecule has 0 saturated carbocycles. The molecule has 0 radical (unpaired) electrons. The summed E-state index contributed by atoms with van der Waals surface area (Å²) in [7, 11) is 0. The number of rotatable bonds is 5. The van der Waals surface area contributed by atoms with E-state index in [2.05, 4.69) is 10.4 Å². The summed E-state index contributed by atoms with van der Waals surface area (Å²) >= 11 is 0. The van der Waals surface area contributed by atoms with Crippen molar-refractivity contribution < 1.29 is 19.4 Å². The van der Waals surface area contributed by atoms with E-state index in [1.807, 2.05) is 44.2 Å². The smallest absolute Gasteiger partial charge is 0.363 e. The van der Waals surface area contributed by atoms with Gasteiger partial charge >= 0.3 is 5.97 Å². The molecule has 138 valence electrons. The highest BCUT2D eigenvalue weighted by molar-refractivity contribution is 5.95. The van der Waals surface area contributed by atoms with Crippen molar-refractivity contribution in [2.75, 3.05) is 11.9 Å². The number of aromatic nitrogens is 2. The van der Waals surface area contributed by atoms with Gasteiger partial charge in [0.15, 0.2) is 12.4 Å². The van der Waals surface area contributed by atoms with Crippen LogP contribution in [0.1, 0.15) is 21.6 Å². The number of esters is 1. The molecule has 7 nitrogen and oxygen atoms in total. The van der Waals surface area contributed by atoms with Gasteiger partial charge in [-0.25, -0.2) is 9.48 Å². The maximum atomic E-state index is 12.1. The maximum absolute atomic E-state index is 12.1. The van der Waals surface area contributed by atoms with Crippen molar-refractivity contribution in [3.8, 4) is 11.4 Å². The van der Waals surface area contributed by atoms with Crippen LogP contribution in [0.15, 0.2) is 54.7 Å². The summed E-state index contributed by atoms with van der Waals surface area (Å²) in [5.74, 6) is -1.68. The van der Waals surface area contributed by atoms with Crippen LogP contribution in [-0.4, -0.2) is 33.4 Å². The molecule has 1 heterocycles. The minimum Gasteiger partial charge on any atom is -0.504 e. The predicted molar refractivity (Wildman–Crippen MR) is 100 cm³/mol. The van der Waals surface area contributed by atoms with Gasteiger partial charge in [-0.2, -0.15) is 5.10 Å². The first-order valence-corrected chi connectivity index (χ1v) is 8.32. The minimum atomic E-state index is -0.877. The number of hydrogen-bond donors (Lipinski definition) is 2. The van der Waals surface area contributed by atoms with Crippen LogP contribution in [-0.2, 0) is 9.53 Å². The number of aryl methyl sites for hydroxylation is 2. The van der Waals surface area contributed by atoms with E-state index < -0.39 is 18.5 Å². The monoisotopic (exact) mass is 365 g/mol. The summed E-state index contributed by atoms with van der Waals surface area (Å²) in [5.41, 5.74) is 3.21. The van der Waals surface area contributed by atoms with Crippen molar-refractivity contribution >= 4 is 17.6 Å². The summed E-state index contributed by atoms with van der Waals surface area (Å²) in [6, 6.07) is 14.5. The Labute approximate surface area is 156 Å². The summed E-state index contributed by atoms with van der Waals surface area (Å²) in [6.07, 6.45) is 1.31. The summed E-state index contributed by atoms with van der Waals surface area (Å²) in [4.78, 5) is 24.1. The first kappa shape index (κ1) is 18.2. The van der Waals surface area contributed by atoms with Crippen LogP contribution in [0.4, 0.5) is 5.69 Å². The van der Waals surface area contributed by atoms with Gasteiger partial charge in [0.05, 0.1) is 11.9 Å². The first-order valence-electron chi connectivity index (χ1n) is 8.32. The molecule has 0 aliphatic carbocycles. The molecule has 3 rings (SSSR count). The lowest BCUT2D eigenvalue weighted by molar-refractivity contribution is -0.119. The van der Waals surface area contributed by atoms with Crippen LogP contribution >= 0.6 is 0 Å². The van der Waals surface area contributed by atoms with E-state index in [9.17, 15) is 14.7 Å². The van der Waals surface area contributed by atoms with E-state index in [-0.39, 0.29) is 11.4 Å². The molecule has 3 aromatic rings. The standard InChI is InChI=1S/C20H19N3O4/c1-13-8-9-15(10-14(13)2)21-18(25)12-27-20(26)19-17(24)11-23(22-19)16-6-4-3-5-7-16/h3-11,24H,12H2,1-2H3,(H,21,25). The zero-order valence-corrected chi connectivity index (χ0v) is 15.0. The second kappa shape index (κ2) is 7.74. The molecular weight excluding hydrogens is 346 g/mol. The molecule has 27 heavy (non-hydrogen) atoms. The Hall–Kier alpha value is -3.61. The van der Waals surface area contributed by atoms with Crippen LogP contribution in [0.5, 0.6) is 5.75 Å². The lowest BCUT2D eigenvalue weighted by atomic mass is 10.1. The summed E-state index contributed by atoms with van der Waals surface area (Å²) < 4.78 is 6.32. The molecule has 0 spiro atoms. The number of nitrogens with one attached hydrogen (secondary N) is 1. The van der Waals surface area contributed by atoms with Gasteiger partial charge in [-0.15, -0.1) is 0 Å². The van der Waals surface area contributed by atoms with Gasteiger partial charge < -0.3 is 15.2 Å². The van der Waals surface area contributed by atoms with Crippen LogP contribution in [0.2, 0.25) is 0 Å². The number of nitrogens with zero attached hydrogens (tertiary/aromatic N) is 2. The molecule has 0 atom stereocenters. The van der Waals surface area contributed by atoms with Crippen molar-refractivity contribution in [3.63, 3.8) is 0 Å². The third-order valence-electron chi connectivity index (χ3n) is 4.03. The number of para-hydroxylation sites is 1. The number of carbonyl (C=O) groups is 2. The fourth-order valence-electron chi connectivity index (χ4n) is 2.44. The van der Waals surface area contributed by atoms with E-state index in [4.69, 9.17) is 4.74 Å². The number of carbonyl (C=O) groups excluding carboxylic acids is 2. The van der Waals surface area contributed by atoms with E-state index >= 15 is 0 Å². The van der Waals surface area contributed by atoms with Gasteiger partial charge in [-0.3, -0.25) is 4.79 Å². The SMILES string of the molecule is Cc1ccc(NC(=O)COC(=O)c2nn(-c3ccccc3)cc2O)cc1C. The molecule has 2 aromatic carbocycles. The molecule has 0 bridgehead atoms. The van der Waals surface area contributed by atoms with Crippen LogP contribution in [0.25, 0.3) is 5.69 Å². The van der Waals surface area contributed by atoms with Crippen molar-refractivity contribution in [2.45, 2.75) is 13.8 Å². The highest BCUT2D eigenvalue weighted by Crippen LogP contribution is 2.19. The molecule has 1 aromatic heterocycles. The maximum Gasteiger partial charge on any atom is 0.363 e. The van der Waals surface area contributed by atoms with Gasteiger partial charge in [0.1, 0.15) is 0 Å². The number of aromatic hydroxyl groups is 1. The lowest BCUT2D eigenvalue weighted by Crippen LogP contribution is -2.21. The van der Waals surface area contributed by atoms with E-state index in [0.29, 0.717) is 11.4 Å². The fraction of sp³-hybridized carbons (Fsp3) is 0.150. The average molecular weight is 365 g/mol. The number of amides is 1. The Balaban J connectivity index is 1.61. The Morgan fingerprint density at radius 2 is 1.85 bits per heavy atom. The fourth-order valence-corrected chi connectivity index (χ4v) is 2.44. The van der Waals surface area contributed by atoms with Gasteiger partial charge in [-0.1, -0.05) is 24.3 Å². The predicted octanol–water partition coefficient (Wildman–Crippen LogP) is 2.99. The quantitative estimate of drug-likeness (QED) is 0.678. The number of benzene rings is 2. The molecule has 0 fully saturated rings. The van der Waals surface area contributed by atoms with Crippen LogP contribution < -0.4 is 5.32 Å². The van der Waals surface area contributed by atoms with Gasteiger partial charge in [0.2, 0.25) is 5.69 Å². The molecule has 0 unspecified atom stereocenters. The Bertz CT molecular complexity index is 980. The van der Waals surface area contributed by atoms with Crippen molar-refractivity contribution in [3.05, 3.63) is 71.5 Å². The molecule has 7 heteroatoms. The highest BCUT2D eigenvalue weighted by Gasteiger charge is 2.19. The molecular formula is C20H19N3O4. The van der Waals surface area contributed by atoms with Crippen LogP contribution in [0.3, 0.4) is 0 Å². The van der Waals surface area contributed by atoms with Crippen molar-refractivity contribution in [2.24, 2.45) is 0 Å². The molecule has 2 N–H and O–H groups in total. The minimum absolute atomic E-state index is 0.252. The largest absolute Gasteiger partial charge is 0.504 e. The number of hydrogen-bond acceptors (Lipinski definition) is 5. The topological polar surface area (TPSA) is 93.5 Å². The number of ether oxygens (including phenoxy) is 1. The first-order chi connectivity index (χ1) is 12.9. The number of anilines is 1. The van der Waals surface area contributed by atoms with E-state index in [1.54, 1.807) is 18.2 Å². The van der Waals surface area contributed by atoms with Crippen molar-refractivity contribution in [1.82, 2.24) is 9.78 Å². The zero-order valence-electron chi connectivity index (χ0n) is 15.0. The third kappa shape index (κ3) is 4.33. The van der Waals surface area contributed by atoms with Crippen molar-refractivity contribution in [1.29, 1.82) is 0 Å². The van der Waals surface area contributed by atoms with Gasteiger partial charge in [0.25, 0.3) is 5.91 Å². The molecule has 0 aliphatic rings. The normalized spacial score (nSPS) is 10.4. The second-order valence-corrected chi connectivity index (χ2v) is 6.07. The Morgan fingerprint density at radius 1 is 1.11 bits per heavy atom. The highest BCUT2D eigenvalue weighted by atomic mass is 16.5. The summed E-state index contributed by atoms with van der Waals surface area (Å²) in [5, 5.41) is 16.6. The lowest BCUT2D eigenvalue weighted by Gasteiger charge is -2.08. The molecule has 0 saturated heterocycles. The summed E-state index contributed by atoms with van der Waals surface area (Å²) in [6.45, 7) is 3.43. The molecule has 0 aliphatic heterocycles. The average Bonchev–Trinajstić information content (AvgIpc) is 3.05. The molecule has 1 amide bonds. The Kier molecular flexibility index (Phi) is 5.21. The zero-order chi connectivity index (χ0) is 19.4. The van der Waals surface area contributed by atoms with Crippen LogP contribution in [0, 0.1) is 13.8 Å². The van der Waals surface area contributed by atoms with Gasteiger partial charge in [-0.05, 0) is 49.2 Å². The van der Waals surface area contributed by atoms with Gasteiger partial charge in [0, 0.05) is 5.69 Å². The van der Waals surface area contributed by atoms with E-state index in [1.165, 1.54) is 10.9 Å². The second-order valence-electron chi connectivity index (χ2n) is 6.07. The van der Waals surface area contributed by atoms with E-state index in [0.717, 1.165) is 11.1 Å².